The molecule has 3 aromatic rings. The van der Waals surface area contributed by atoms with Gasteiger partial charge in [0.25, 0.3) is 0 Å². The third kappa shape index (κ3) is 1.87. The number of nitrogens with zero attached hydrogens (tertiary/aromatic N) is 2. The minimum absolute atomic E-state index is 0.305. The van der Waals surface area contributed by atoms with Crippen LogP contribution in [0.1, 0.15) is 10.4 Å². The van der Waals surface area contributed by atoms with Crippen LogP contribution >= 0.6 is 0 Å². The van der Waals surface area contributed by atoms with Crippen LogP contribution in [0, 0.1) is 0 Å². The van der Waals surface area contributed by atoms with Crippen molar-refractivity contribution in [2.24, 2.45) is 0 Å². The molecule has 0 amide bonds. The number of hydrogen-bond acceptors (Lipinski definition) is 4. The van der Waals surface area contributed by atoms with E-state index in [1.807, 2.05) is 0 Å². The van der Waals surface area contributed by atoms with Gasteiger partial charge in [-0.05, 0) is 30.3 Å². The highest BCUT2D eigenvalue weighted by atomic mass is 16.5. The summed E-state index contributed by atoms with van der Waals surface area (Å²) in [5.41, 5.74) is 1.78. The second-order valence-corrected chi connectivity index (χ2v) is 4.18. The van der Waals surface area contributed by atoms with Crippen molar-refractivity contribution in [2.45, 2.75) is 0 Å². The number of ether oxygens (including phenoxy) is 1. The number of H-pyrrole nitrogens is 1. The monoisotopic (exact) mass is 269 g/mol. The van der Waals surface area contributed by atoms with Gasteiger partial charge in [0.05, 0.1) is 23.9 Å². The first kappa shape index (κ1) is 12.2. The van der Waals surface area contributed by atoms with Crippen LogP contribution in [0.15, 0.2) is 47.4 Å². The average Bonchev–Trinajstić information content (AvgIpc) is 2.82. The number of imidazole rings is 1. The Morgan fingerprint density at radius 3 is 2.95 bits per heavy atom. The standard InChI is InChI=1S/C14H11N3O3/c1-20-13(18)9-4-2-5-10(8-9)17-12-11(16-14(17)19)6-3-7-15-12/h2-8H,1H3,(H,16,19). The molecule has 0 fully saturated rings. The largest absolute Gasteiger partial charge is 0.465 e. The van der Waals surface area contributed by atoms with Gasteiger partial charge in [-0.25, -0.2) is 19.1 Å². The Morgan fingerprint density at radius 2 is 2.15 bits per heavy atom. The summed E-state index contributed by atoms with van der Waals surface area (Å²) in [5.74, 6) is -0.451. The fourth-order valence-corrected chi connectivity index (χ4v) is 2.07. The molecule has 0 unspecified atom stereocenters. The predicted molar refractivity (Wildman–Crippen MR) is 73.0 cm³/mol. The van der Waals surface area contributed by atoms with E-state index in [0.29, 0.717) is 22.4 Å². The molecule has 3 rings (SSSR count). The zero-order valence-corrected chi connectivity index (χ0v) is 10.7. The number of esters is 1. The van der Waals surface area contributed by atoms with Crippen LogP contribution in [0.4, 0.5) is 0 Å². The summed E-state index contributed by atoms with van der Waals surface area (Å²) >= 11 is 0. The molecule has 6 heteroatoms. The van der Waals surface area contributed by atoms with Gasteiger partial charge in [0.15, 0.2) is 5.65 Å². The fourth-order valence-electron chi connectivity index (χ4n) is 2.07. The molecule has 0 spiro atoms. The molecule has 20 heavy (non-hydrogen) atoms. The van der Waals surface area contributed by atoms with Gasteiger partial charge in [0.1, 0.15) is 0 Å². The number of hydrogen-bond donors (Lipinski definition) is 1. The molecule has 0 atom stereocenters. The van der Waals surface area contributed by atoms with Gasteiger partial charge in [0.2, 0.25) is 0 Å². The van der Waals surface area contributed by atoms with E-state index >= 15 is 0 Å². The summed E-state index contributed by atoms with van der Waals surface area (Å²) in [6, 6.07) is 10.2. The van der Waals surface area contributed by atoms with Crippen LogP contribution in [0.3, 0.4) is 0 Å². The molecule has 0 saturated heterocycles. The molecular formula is C14H11N3O3. The number of carbonyl (C=O) groups excluding carboxylic acids is 1. The van der Waals surface area contributed by atoms with Crippen molar-refractivity contribution in [2.75, 3.05) is 7.11 Å². The number of aromatic amines is 1. The molecule has 0 aliphatic rings. The first-order valence-corrected chi connectivity index (χ1v) is 5.95. The summed E-state index contributed by atoms with van der Waals surface area (Å²) in [7, 11) is 1.31. The minimum atomic E-state index is -0.451. The lowest BCUT2D eigenvalue weighted by Crippen LogP contribution is -2.15. The fraction of sp³-hybridized carbons (Fsp3) is 0.0714. The highest BCUT2D eigenvalue weighted by molar-refractivity contribution is 5.90. The molecule has 0 aliphatic heterocycles. The Kier molecular flexibility index (Phi) is 2.83. The van der Waals surface area contributed by atoms with Gasteiger partial charge in [-0.15, -0.1) is 0 Å². The number of benzene rings is 1. The Labute approximate surface area is 113 Å². The van der Waals surface area contributed by atoms with E-state index < -0.39 is 5.97 Å². The van der Waals surface area contributed by atoms with Gasteiger partial charge in [-0.1, -0.05) is 6.07 Å². The Morgan fingerprint density at radius 1 is 1.30 bits per heavy atom. The second-order valence-electron chi connectivity index (χ2n) is 4.18. The number of fused-ring (bicyclic) bond motifs is 1. The third-order valence-electron chi connectivity index (χ3n) is 2.97. The van der Waals surface area contributed by atoms with Crippen LogP contribution in [-0.4, -0.2) is 27.6 Å². The van der Waals surface area contributed by atoms with E-state index in [1.54, 1.807) is 42.6 Å². The lowest BCUT2D eigenvalue weighted by molar-refractivity contribution is 0.0600. The van der Waals surface area contributed by atoms with Crippen LogP contribution < -0.4 is 5.69 Å². The van der Waals surface area contributed by atoms with Gasteiger partial charge in [-0.3, -0.25) is 0 Å². The number of aromatic nitrogens is 3. The maximum Gasteiger partial charge on any atom is 0.337 e. The predicted octanol–water partition coefficient (Wildman–Crippen LogP) is 1.50. The van der Waals surface area contributed by atoms with Crippen molar-refractivity contribution >= 4 is 17.1 Å². The SMILES string of the molecule is COC(=O)c1cccc(-n2c(=O)[nH]c3cccnc32)c1. The summed E-state index contributed by atoms with van der Waals surface area (Å²) in [5, 5.41) is 0. The van der Waals surface area contributed by atoms with Crippen LogP contribution in [-0.2, 0) is 4.74 Å². The molecule has 1 aromatic carbocycles. The maximum atomic E-state index is 12.0. The highest BCUT2D eigenvalue weighted by Gasteiger charge is 2.12. The molecule has 2 aromatic heterocycles. The first-order chi connectivity index (χ1) is 9.70. The molecular weight excluding hydrogens is 258 g/mol. The zero-order chi connectivity index (χ0) is 14.1. The summed E-state index contributed by atoms with van der Waals surface area (Å²) in [6.07, 6.45) is 1.61. The molecule has 0 saturated carbocycles. The van der Waals surface area contributed by atoms with E-state index in [9.17, 15) is 9.59 Å². The number of pyridine rings is 1. The number of methoxy groups -OCH3 is 1. The summed E-state index contributed by atoms with van der Waals surface area (Å²) in [6.45, 7) is 0. The quantitative estimate of drug-likeness (QED) is 0.715. The van der Waals surface area contributed by atoms with Gasteiger partial charge >= 0.3 is 11.7 Å². The van der Waals surface area contributed by atoms with Crippen molar-refractivity contribution in [1.29, 1.82) is 0 Å². The lowest BCUT2D eigenvalue weighted by atomic mass is 10.2. The summed E-state index contributed by atoms with van der Waals surface area (Å²) in [4.78, 5) is 30.5. The van der Waals surface area contributed by atoms with Crippen molar-refractivity contribution in [3.63, 3.8) is 0 Å². The van der Waals surface area contributed by atoms with Crippen molar-refractivity contribution in [3.05, 3.63) is 58.6 Å². The van der Waals surface area contributed by atoms with Crippen molar-refractivity contribution in [1.82, 2.24) is 14.5 Å². The maximum absolute atomic E-state index is 12.0. The zero-order valence-electron chi connectivity index (χ0n) is 10.7. The van der Waals surface area contributed by atoms with Crippen LogP contribution in [0.5, 0.6) is 0 Å². The molecule has 0 bridgehead atoms. The number of rotatable bonds is 2. The number of carbonyl (C=O) groups is 1. The molecule has 100 valence electrons. The Balaban J connectivity index is 2.23. The third-order valence-corrected chi connectivity index (χ3v) is 2.97. The second kappa shape index (κ2) is 4.65. The van der Waals surface area contributed by atoms with Crippen LogP contribution in [0.25, 0.3) is 16.9 Å². The molecule has 2 heterocycles. The highest BCUT2D eigenvalue weighted by Crippen LogP contribution is 2.14. The molecule has 6 nitrogen and oxygen atoms in total. The van der Waals surface area contributed by atoms with Crippen LogP contribution in [0.2, 0.25) is 0 Å². The molecule has 0 aliphatic carbocycles. The first-order valence-electron chi connectivity index (χ1n) is 5.95. The minimum Gasteiger partial charge on any atom is -0.465 e. The van der Waals surface area contributed by atoms with Gasteiger partial charge < -0.3 is 9.72 Å². The lowest BCUT2D eigenvalue weighted by Gasteiger charge is -2.04. The summed E-state index contributed by atoms with van der Waals surface area (Å²) < 4.78 is 6.10. The van der Waals surface area contributed by atoms with Gasteiger partial charge in [0, 0.05) is 6.20 Å². The van der Waals surface area contributed by atoms with Gasteiger partial charge in [-0.2, -0.15) is 0 Å². The smallest absolute Gasteiger partial charge is 0.337 e. The molecule has 0 radical (unpaired) electrons. The Hall–Kier alpha value is -2.89. The normalized spacial score (nSPS) is 10.7. The Bertz CT molecular complexity index is 848. The van der Waals surface area contributed by atoms with Crippen molar-refractivity contribution in [3.8, 4) is 5.69 Å². The van der Waals surface area contributed by atoms with E-state index in [1.165, 1.54) is 11.7 Å². The van der Waals surface area contributed by atoms with E-state index in [4.69, 9.17) is 0 Å². The van der Waals surface area contributed by atoms with E-state index in [0.717, 1.165) is 0 Å². The van der Waals surface area contributed by atoms with Crippen molar-refractivity contribution < 1.29 is 9.53 Å². The molecule has 1 N–H and O–H groups in total. The van der Waals surface area contributed by atoms with E-state index in [2.05, 4.69) is 14.7 Å². The average molecular weight is 269 g/mol. The number of nitrogens with one attached hydrogen (secondary N) is 1. The van der Waals surface area contributed by atoms with E-state index in [-0.39, 0.29) is 5.69 Å². The topological polar surface area (TPSA) is 77.0 Å².